The second-order valence-corrected chi connectivity index (χ2v) is 29.5. The van der Waals surface area contributed by atoms with E-state index in [1.807, 2.05) is 12.3 Å². The number of aromatic amines is 2. The van der Waals surface area contributed by atoms with Crippen LogP contribution in [0.2, 0.25) is 0 Å². The number of aryl methyl sites for hydroxylation is 4. The zero-order valence-electron chi connectivity index (χ0n) is 53.0. The summed E-state index contributed by atoms with van der Waals surface area (Å²) in [5.74, 6) is 2.13. The quantitative estimate of drug-likeness (QED) is 0.157. The summed E-state index contributed by atoms with van der Waals surface area (Å²) in [6.45, 7) is 47.2. The smallest absolute Gasteiger partial charge is 0.158 e. The highest BCUT2D eigenvalue weighted by Gasteiger charge is 2.24. The van der Waals surface area contributed by atoms with Gasteiger partial charge in [-0.15, -0.1) is 11.3 Å². The summed E-state index contributed by atoms with van der Waals surface area (Å²) in [5, 5.41) is 5.24. The lowest BCUT2D eigenvalue weighted by Gasteiger charge is -2.22. The van der Waals surface area contributed by atoms with Crippen LogP contribution in [0.25, 0.3) is 37.9 Å². The van der Waals surface area contributed by atoms with Crippen LogP contribution in [0.1, 0.15) is 198 Å². The molecule has 0 atom stereocenters. The van der Waals surface area contributed by atoms with Crippen molar-refractivity contribution in [2.24, 2.45) is 0 Å². The fourth-order valence-corrected chi connectivity index (χ4v) is 10.8. The zero-order valence-corrected chi connectivity index (χ0v) is 53.8. The predicted molar refractivity (Wildman–Crippen MR) is 345 cm³/mol. The molecule has 10 aromatic rings. The van der Waals surface area contributed by atoms with Crippen LogP contribution in [0, 0.1) is 20.8 Å². The fraction of sp³-hybridized carbons (Fsp3) is 0.451. The van der Waals surface area contributed by atoms with E-state index >= 15 is 0 Å². The van der Waals surface area contributed by atoms with E-state index in [0.717, 1.165) is 62.8 Å². The SMILES string of the molecule is CC(C)(C)c1ccc2c(c1)CCO2.CC(C)(C)c1ccc2nc[nH]c2c1.CC(C)(C)c1cccc2c1CCC2.CC(C)(C)c1cccn2ncnc12.Cc1cc2nc(C(C)(C)C)[nH]c2cc1C.Cc1nc2cc(C(C)(C)C)ccc2s1. The summed E-state index contributed by atoms with van der Waals surface area (Å²) in [4.78, 5) is 24.1. The Morgan fingerprint density at radius 1 is 0.519 bits per heavy atom. The van der Waals surface area contributed by atoms with E-state index in [9.17, 15) is 0 Å². The number of hydrogen-bond acceptors (Lipinski definition) is 7. The largest absolute Gasteiger partial charge is 0.493 e. The van der Waals surface area contributed by atoms with Crippen LogP contribution in [-0.4, -0.2) is 46.1 Å². The molecule has 0 saturated carbocycles. The predicted octanol–water partition coefficient (Wildman–Crippen LogP) is 18.7. The number of H-pyrrole nitrogens is 2. The molecular weight excluding hydrogens is 1010 g/mol. The second-order valence-electron chi connectivity index (χ2n) is 28.3. The monoisotopic (exact) mass is 1110 g/mol. The minimum atomic E-state index is 0.0842. The highest BCUT2D eigenvalue weighted by atomic mass is 32.1. The van der Waals surface area contributed by atoms with Crippen LogP contribution >= 0.6 is 11.3 Å². The average molecular weight is 1110 g/mol. The van der Waals surface area contributed by atoms with Gasteiger partial charge in [0.15, 0.2) is 5.65 Å². The minimum Gasteiger partial charge on any atom is -0.493 e. The normalized spacial score (nSPS) is 13.3. The van der Waals surface area contributed by atoms with Gasteiger partial charge in [-0.2, -0.15) is 5.10 Å². The molecule has 2 aliphatic rings. The molecule has 0 radical (unpaired) electrons. The number of thiazole rings is 1. The van der Waals surface area contributed by atoms with Crippen molar-refractivity contribution in [1.82, 2.24) is 39.5 Å². The summed E-state index contributed by atoms with van der Waals surface area (Å²) < 4.78 is 8.56. The van der Waals surface area contributed by atoms with E-state index in [1.165, 1.54) is 62.9 Å². The molecule has 430 valence electrons. The van der Waals surface area contributed by atoms with Gasteiger partial charge < -0.3 is 14.7 Å². The van der Waals surface area contributed by atoms with E-state index in [0.29, 0.717) is 5.41 Å². The molecule has 9 nitrogen and oxygen atoms in total. The zero-order chi connectivity index (χ0) is 59.5. The first kappa shape index (κ1) is 62.0. The number of ether oxygens (including phenoxy) is 1. The van der Waals surface area contributed by atoms with Gasteiger partial charge in [0.25, 0.3) is 0 Å². The first-order chi connectivity index (χ1) is 37.7. The third-order valence-electron chi connectivity index (χ3n) is 15.1. The molecule has 81 heavy (non-hydrogen) atoms. The maximum Gasteiger partial charge on any atom is 0.158 e. The van der Waals surface area contributed by atoms with Crippen LogP contribution in [-0.2, 0) is 51.8 Å². The summed E-state index contributed by atoms with van der Waals surface area (Å²) >= 11 is 1.76. The fourth-order valence-electron chi connectivity index (χ4n) is 9.94. The number of fused-ring (bicyclic) bond motifs is 6. The Labute approximate surface area is 489 Å². The number of nitrogens with zero attached hydrogens (tertiary/aromatic N) is 6. The van der Waals surface area contributed by atoms with Crippen molar-refractivity contribution < 1.29 is 4.74 Å². The van der Waals surface area contributed by atoms with Gasteiger partial charge in [0.1, 0.15) is 17.9 Å². The number of aromatic nitrogens is 8. The standard InChI is InChI=1S/C13H18N2.C13H18.C12H15NS.C12H16O.C11H14N2.C10H13N3/c1-8-6-10-11(7-9(8)2)15-12(14-10)13(3,4)5;1-13(2,3)12-9-5-7-10-6-4-8-11(10)12;1-8-13-10-7-9(12(2,3)4)5-6-11(10)14-8;1-12(2,3)10-4-5-11-9(8-10)6-7-13-11;1-11(2,3)8-4-5-9-10(6-8)13-7-12-9;1-10(2,3)8-5-4-6-13-9(8)11-7-12-13/h6-7H,1-5H3,(H,14,15);5,7,9H,4,6,8H2,1-3H3;5-7H,1-4H3;4-5,8H,6-7H2,1-3H3;4-7H,1-3H3,(H,12,13);4-7H,1-3H3. The van der Waals surface area contributed by atoms with E-state index in [4.69, 9.17) is 4.74 Å². The van der Waals surface area contributed by atoms with Gasteiger partial charge in [-0.3, -0.25) is 0 Å². The number of imidazole rings is 2. The number of pyridine rings is 1. The molecule has 0 amide bonds. The van der Waals surface area contributed by atoms with Gasteiger partial charge in [-0.25, -0.2) is 24.5 Å². The molecule has 2 N–H and O–H groups in total. The molecule has 12 rings (SSSR count). The number of nitrogens with one attached hydrogen (secondary N) is 2. The van der Waals surface area contributed by atoms with Gasteiger partial charge in [0, 0.05) is 23.6 Å². The van der Waals surface area contributed by atoms with E-state index in [-0.39, 0.29) is 27.1 Å². The van der Waals surface area contributed by atoms with E-state index in [1.54, 1.807) is 45.2 Å². The Bertz CT molecular complexity index is 3670. The summed E-state index contributed by atoms with van der Waals surface area (Å²) in [5.41, 5.74) is 21.7. The molecular formula is C71H94N8OS. The minimum absolute atomic E-state index is 0.0842. The highest BCUT2D eigenvalue weighted by Crippen LogP contribution is 2.35. The lowest BCUT2D eigenvalue weighted by atomic mass is 9.83. The molecule has 0 unspecified atom stereocenters. The van der Waals surface area contributed by atoms with Gasteiger partial charge in [-0.05, 0) is 166 Å². The number of rotatable bonds is 0. The number of benzene rings is 5. The molecule has 6 heterocycles. The summed E-state index contributed by atoms with van der Waals surface area (Å²) in [6.07, 6.45) is 10.2. The second kappa shape index (κ2) is 24.4. The Morgan fingerprint density at radius 2 is 1.15 bits per heavy atom. The third kappa shape index (κ3) is 16.1. The van der Waals surface area contributed by atoms with Crippen LogP contribution in [0.4, 0.5) is 0 Å². The van der Waals surface area contributed by atoms with Gasteiger partial charge in [0.05, 0.1) is 50.2 Å². The average Bonchev–Trinajstić information content (AvgIpc) is 4.34. The summed E-state index contributed by atoms with van der Waals surface area (Å²) in [6, 6.07) is 34.7. The Balaban J connectivity index is 0.000000140. The van der Waals surface area contributed by atoms with Crippen molar-refractivity contribution in [2.45, 2.75) is 204 Å². The van der Waals surface area contributed by atoms with Gasteiger partial charge in [0.2, 0.25) is 0 Å². The molecule has 0 spiro atoms. The first-order valence-electron chi connectivity index (χ1n) is 29.1. The molecule has 1 aliphatic carbocycles. The summed E-state index contributed by atoms with van der Waals surface area (Å²) in [7, 11) is 0. The molecule has 0 fully saturated rings. The molecule has 5 aromatic heterocycles. The molecule has 1 aliphatic heterocycles. The van der Waals surface area contributed by atoms with Crippen molar-refractivity contribution in [3.63, 3.8) is 0 Å². The van der Waals surface area contributed by atoms with Crippen molar-refractivity contribution in [1.29, 1.82) is 0 Å². The van der Waals surface area contributed by atoms with Crippen molar-refractivity contribution in [2.75, 3.05) is 6.61 Å². The topological polar surface area (TPSA) is 110 Å². The van der Waals surface area contributed by atoms with Crippen LogP contribution in [0.5, 0.6) is 5.75 Å². The molecule has 0 bridgehead atoms. The van der Waals surface area contributed by atoms with Crippen molar-refractivity contribution in [3.8, 4) is 5.75 Å². The third-order valence-corrected chi connectivity index (χ3v) is 16.0. The lowest BCUT2D eigenvalue weighted by Crippen LogP contribution is -2.13. The first-order valence-corrected chi connectivity index (χ1v) is 29.9. The van der Waals surface area contributed by atoms with E-state index < -0.39 is 0 Å². The van der Waals surface area contributed by atoms with Crippen molar-refractivity contribution >= 4 is 49.3 Å². The number of hydrogen-bond donors (Lipinski definition) is 2. The van der Waals surface area contributed by atoms with Gasteiger partial charge in [-0.1, -0.05) is 173 Å². The Hall–Kier alpha value is -6.65. The van der Waals surface area contributed by atoms with Crippen LogP contribution in [0.3, 0.4) is 0 Å². The van der Waals surface area contributed by atoms with E-state index in [2.05, 4.69) is 271 Å². The van der Waals surface area contributed by atoms with Crippen molar-refractivity contribution in [3.05, 3.63) is 182 Å². The maximum atomic E-state index is 5.47. The lowest BCUT2D eigenvalue weighted by molar-refractivity contribution is 0.356. The highest BCUT2D eigenvalue weighted by molar-refractivity contribution is 7.18. The Kier molecular flexibility index (Phi) is 18.7. The molecule has 0 saturated heterocycles. The Morgan fingerprint density at radius 3 is 1.81 bits per heavy atom. The molecule has 5 aromatic carbocycles. The maximum absolute atomic E-state index is 5.47. The molecule has 10 heteroatoms. The van der Waals surface area contributed by atoms with Crippen LogP contribution in [0.15, 0.2) is 116 Å². The van der Waals surface area contributed by atoms with Crippen LogP contribution < -0.4 is 4.74 Å². The van der Waals surface area contributed by atoms with Gasteiger partial charge >= 0.3 is 0 Å².